The number of hydrogen-bond acceptors (Lipinski definition) is 3. The van der Waals surface area contributed by atoms with Gasteiger partial charge in [-0.05, 0) is 31.0 Å². The highest BCUT2D eigenvalue weighted by Crippen LogP contribution is 2.23. The van der Waals surface area contributed by atoms with Gasteiger partial charge in [-0.15, -0.1) is 12.4 Å². The van der Waals surface area contributed by atoms with Crippen molar-refractivity contribution in [1.29, 1.82) is 0 Å². The van der Waals surface area contributed by atoms with E-state index in [0.717, 1.165) is 0 Å². The van der Waals surface area contributed by atoms with Gasteiger partial charge >= 0.3 is 0 Å². The minimum atomic E-state index is -0.979. The van der Waals surface area contributed by atoms with Gasteiger partial charge in [0, 0.05) is 17.7 Å². The van der Waals surface area contributed by atoms with Crippen LogP contribution in [0.3, 0.4) is 0 Å². The van der Waals surface area contributed by atoms with Crippen LogP contribution in [0.5, 0.6) is 0 Å². The van der Waals surface area contributed by atoms with E-state index < -0.39 is 11.4 Å². The van der Waals surface area contributed by atoms with Crippen LogP contribution in [0.2, 0.25) is 0 Å². The van der Waals surface area contributed by atoms with E-state index in [4.69, 9.17) is 10.5 Å². The first-order valence-electron chi connectivity index (χ1n) is 5.64. The number of nitrogens with two attached hydrogens (primary N) is 1. The van der Waals surface area contributed by atoms with E-state index >= 15 is 0 Å². The Balaban J connectivity index is 0.00000180. The lowest BCUT2D eigenvalue weighted by Gasteiger charge is -2.31. The van der Waals surface area contributed by atoms with Gasteiger partial charge in [0.2, 0.25) is 5.91 Å². The molecule has 1 fully saturated rings. The number of nitrogens with one attached hydrogen (secondary N) is 1. The Bertz CT molecular complexity index is 467. The fourth-order valence-corrected chi connectivity index (χ4v) is 2.16. The average molecular weight is 354 g/mol. The van der Waals surface area contributed by atoms with E-state index in [0.29, 0.717) is 30.5 Å². The molecule has 1 aliphatic rings. The zero-order valence-corrected chi connectivity index (χ0v) is 12.5. The van der Waals surface area contributed by atoms with Gasteiger partial charge in [-0.3, -0.25) is 4.79 Å². The fraction of sp³-hybridized carbons (Fsp3) is 0.417. The van der Waals surface area contributed by atoms with Crippen LogP contribution >= 0.6 is 28.3 Å². The molecule has 0 aliphatic carbocycles. The summed E-state index contributed by atoms with van der Waals surface area (Å²) in [4.78, 5) is 12.1. The van der Waals surface area contributed by atoms with Crippen molar-refractivity contribution in [2.75, 3.05) is 18.5 Å². The van der Waals surface area contributed by atoms with Crippen molar-refractivity contribution in [1.82, 2.24) is 0 Å². The predicted octanol–water partition coefficient (Wildman–Crippen LogP) is 2.46. The normalized spacial score (nSPS) is 17.4. The second-order valence-corrected chi connectivity index (χ2v) is 5.26. The number of carbonyl (C=O) groups is 1. The molecule has 1 aromatic rings. The Morgan fingerprint density at radius 1 is 1.42 bits per heavy atom. The van der Waals surface area contributed by atoms with Crippen molar-refractivity contribution in [3.63, 3.8) is 0 Å². The number of anilines is 1. The average Bonchev–Trinajstić information content (AvgIpc) is 2.35. The fourth-order valence-electron chi connectivity index (χ4n) is 1.80. The molecule has 1 amide bonds. The lowest BCUT2D eigenvalue weighted by atomic mass is 9.90. The molecule has 106 valence electrons. The molecule has 3 N–H and O–H groups in total. The van der Waals surface area contributed by atoms with E-state index in [9.17, 15) is 9.18 Å². The standard InChI is InChI=1S/C12H14BrFN2O2.ClH/c13-8-1-2-9(14)10(7-8)16-11(17)12(15)3-5-18-6-4-12;/h1-2,7H,3-6,15H2,(H,16,17);1H. The molecule has 0 bridgehead atoms. The first kappa shape index (κ1) is 16.4. The van der Waals surface area contributed by atoms with Crippen molar-refractivity contribution >= 4 is 39.9 Å². The Morgan fingerprint density at radius 2 is 2.05 bits per heavy atom. The van der Waals surface area contributed by atoms with Crippen LogP contribution in [0, 0.1) is 5.82 Å². The molecule has 0 atom stereocenters. The molecule has 1 aliphatic heterocycles. The van der Waals surface area contributed by atoms with Gasteiger partial charge < -0.3 is 15.8 Å². The minimum absolute atomic E-state index is 0. The van der Waals surface area contributed by atoms with Gasteiger partial charge in [-0.25, -0.2) is 4.39 Å². The summed E-state index contributed by atoms with van der Waals surface area (Å²) in [6.45, 7) is 0.899. The molecule has 1 heterocycles. The van der Waals surface area contributed by atoms with E-state index in [1.54, 1.807) is 6.07 Å². The smallest absolute Gasteiger partial charge is 0.244 e. The van der Waals surface area contributed by atoms with Crippen molar-refractivity contribution < 1.29 is 13.9 Å². The van der Waals surface area contributed by atoms with E-state index in [2.05, 4.69) is 21.2 Å². The van der Waals surface area contributed by atoms with Gasteiger partial charge in [0.25, 0.3) is 0 Å². The van der Waals surface area contributed by atoms with Crippen molar-refractivity contribution in [2.45, 2.75) is 18.4 Å². The van der Waals surface area contributed by atoms with Crippen LogP contribution < -0.4 is 11.1 Å². The highest BCUT2D eigenvalue weighted by Gasteiger charge is 2.36. The highest BCUT2D eigenvalue weighted by atomic mass is 79.9. The maximum atomic E-state index is 13.5. The highest BCUT2D eigenvalue weighted by molar-refractivity contribution is 9.10. The molecule has 0 unspecified atom stereocenters. The summed E-state index contributed by atoms with van der Waals surface area (Å²) in [5.41, 5.74) is 5.16. The zero-order chi connectivity index (χ0) is 13.2. The number of ether oxygens (including phenoxy) is 1. The van der Waals surface area contributed by atoms with Gasteiger partial charge in [0.1, 0.15) is 11.4 Å². The van der Waals surface area contributed by atoms with Crippen LogP contribution in [0.25, 0.3) is 0 Å². The van der Waals surface area contributed by atoms with Crippen LogP contribution in [0.15, 0.2) is 22.7 Å². The molecule has 0 spiro atoms. The summed E-state index contributed by atoms with van der Waals surface area (Å²) in [5, 5.41) is 2.54. The maximum Gasteiger partial charge on any atom is 0.244 e. The topological polar surface area (TPSA) is 64.4 Å². The van der Waals surface area contributed by atoms with E-state index in [1.807, 2.05) is 0 Å². The Morgan fingerprint density at radius 3 is 2.68 bits per heavy atom. The molecule has 7 heteroatoms. The number of amides is 1. The van der Waals surface area contributed by atoms with Gasteiger partial charge in [0.15, 0.2) is 0 Å². The summed E-state index contributed by atoms with van der Waals surface area (Å²) in [6, 6.07) is 4.36. The quantitative estimate of drug-likeness (QED) is 0.858. The molecule has 0 saturated carbocycles. The van der Waals surface area contributed by atoms with Crippen LogP contribution in [0.4, 0.5) is 10.1 Å². The van der Waals surface area contributed by atoms with Gasteiger partial charge in [0.05, 0.1) is 5.69 Å². The van der Waals surface area contributed by atoms with Crippen molar-refractivity contribution in [2.24, 2.45) is 5.73 Å². The second-order valence-electron chi connectivity index (χ2n) is 4.35. The zero-order valence-electron chi connectivity index (χ0n) is 10.1. The number of carbonyl (C=O) groups excluding carboxylic acids is 1. The Kier molecular flexibility index (Phi) is 5.73. The molecule has 1 aromatic carbocycles. The Labute approximate surface area is 125 Å². The Hall–Kier alpha value is -0.690. The molecule has 0 radical (unpaired) electrons. The molecule has 0 aromatic heterocycles. The molecular formula is C12H15BrClFN2O2. The summed E-state index contributed by atoms with van der Waals surface area (Å²) in [7, 11) is 0. The monoisotopic (exact) mass is 352 g/mol. The molecule has 19 heavy (non-hydrogen) atoms. The minimum Gasteiger partial charge on any atom is -0.381 e. The van der Waals surface area contributed by atoms with Crippen LogP contribution in [0.1, 0.15) is 12.8 Å². The summed E-state index contributed by atoms with van der Waals surface area (Å²) >= 11 is 3.23. The molecular weight excluding hydrogens is 338 g/mol. The lowest BCUT2D eigenvalue weighted by Crippen LogP contribution is -2.54. The molecule has 1 saturated heterocycles. The lowest BCUT2D eigenvalue weighted by molar-refractivity contribution is -0.124. The number of rotatable bonds is 2. The van der Waals surface area contributed by atoms with Crippen LogP contribution in [-0.2, 0) is 9.53 Å². The maximum absolute atomic E-state index is 13.5. The van der Waals surface area contributed by atoms with Gasteiger partial charge in [-0.2, -0.15) is 0 Å². The largest absolute Gasteiger partial charge is 0.381 e. The first-order valence-corrected chi connectivity index (χ1v) is 6.44. The second kappa shape index (κ2) is 6.65. The van der Waals surface area contributed by atoms with Crippen molar-refractivity contribution in [3.05, 3.63) is 28.5 Å². The number of benzene rings is 1. The third-order valence-corrected chi connectivity index (χ3v) is 3.51. The SMILES string of the molecule is Cl.NC1(C(=O)Nc2cc(Br)ccc2F)CCOCC1. The molecule has 2 rings (SSSR count). The van der Waals surface area contributed by atoms with E-state index in [1.165, 1.54) is 12.1 Å². The number of halogens is 3. The first-order chi connectivity index (χ1) is 8.51. The number of hydrogen-bond donors (Lipinski definition) is 2. The predicted molar refractivity (Wildman–Crippen MR) is 76.9 cm³/mol. The third kappa shape index (κ3) is 3.89. The van der Waals surface area contributed by atoms with Crippen molar-refractivity contribution in [3.8, 4) is 0 Å². The van der Waals surface area contributed by atoms with Crippen LogP contribution in [-0.4, -0.2) is 24.7 Å². The molecule has 4 nitrogen and oxygen atoms in total. The van der Waals surface area contributed by atoms with Gasteiger partial charge in [-0.1, -0.05) is 15.9 Å². The van der Waals surface area contributed by atoms with E-state index in [-0.39, 0.29) is 24.0 Å². The summed E-state index contributed by atoms with van der Waals surface area (Å²) in [6.07, 6.45) is 0.878. The summed E-state index contributed by atoms with van der Waals surface area (Å²) < 4.78 is 19.4. The summed E-state index contributed by atoms with van der Waals surface area (Å²) in [5.74, 6) is -0.856. The third-order valence-electron chi connectivity index (χ3n) is 3.01.